The summed E-state index contributed by atoms with van der Waals surface area (Å²) >= 11 is 0. The van der Waals surface area contributed by atoms with Crippen LogP contribution in [-0.2, 0) is 0 Å². The zero-order chi connectivity index (χ0) is 22.1. The number of nitrogens with one attached hydrogen (secondary N) is 1. The summed E-state index contributed by atoms with van der Waals surface area (Å²) < 4.78 is 5.56. The number of ether oxygens (including phenoxy) is 1. The molecule has 1 unspecified atom stereocenters. The van der Waals surface area contributed by atoms with Crippen molar-refractivity contribution in [2.75, 3.05) is 19.8 Å². The van der Waals surface area contributed by atoms with Crippen molar-refractivity contribution in [2.45, 2.75) is 33.2 Å². The first-order valence-electron chi connectivity index (χ1n) is 10.5. The molecule has 1 atom stereocenters. The van der Waals surface area contributed by atoms with E-state index in [2.05, 4.69) is 10.2 Å². The van der Waals surface area contributed by atoms with Gasteiger partial charge in [0, 0.05) is 24.3 Å². The molecule has 0 bridgehead atoms. The maximum atomic E-state index is 13.2. The van der Waals surface area contributed by atoms with Crippen molar-refractivity contribution < 1.29 is 19.7 Å². The number of carbonyl (C=O) groups excluding carboxylic acids is 1. The van der Waals surface area contributed by atoms with Crippen LogP contribution in [0.5, 0.6) is 11.5 Å². The highest BCUT2D eigenvalue weighted by atomic mass is 16.5. The van der Waals surface area contributed by atoms with Gasteiger partial charge in [-0.05, 0) is 62.1 Å². The number of amides is 1. The average molecular weight is 421 g/mol. The number of phenols is 1. The molecule has 1 aromatic heterocycles. The molecule has 4 rings (SSSR count). The predicted molar refractivity (Wildman–Crippen MR) is 117 cm³/mol. The van der Waals surface area contributed by atoms with Gasteiger partial charge in [0.25, 0.3) is 5.91 Å². The first-order chi connectivity index (χ1) is 15.0. The molecule has 31 heavy (non-hydrogen) atoms. The number of fused-ring (bicyclic) bond motifs is 1. The number of aryl methyl sites for hydroxylation is 2. The standard InChI is InChI=1S/C24H27N3O4/c1-4-31-17-8-6-16(7-9-17)22-19-20(18-13-14(2)12-15(3)23(18)29)25-26-21(19)24(30)27(22)10-5-11-28/h6-9,12-13,22,28-29H,4-5,10-11H2,1-3H3,(H,25,26). The molecular weight excluding hydrogens is 394 g/mol. The lowest BCUT2D eigenvalue weighted by atomic mass is 9.94. The third-order valence-electron chi connectivity index (χ3n) is 5.63. The second-order valence-corrected chi connectivity index (χ2v) is 7.82. The normalized spacial score (nSPS) is 15.4. The summed E-state index contributed by atoms with van der Waals surface area (Å²) in [6.07, 6.45) is 0.473. The quantitative estimate of drug-likeness (QED) is 0.540. The van der Waals surface area contributed by atoms with Crippen LogP contribution in [0.25, 0.3) is 11.3 Å². The van der Waals surface area contributed by atoms with E-state index < -0.39 is 0 Å². The third kappa shape index (κ3) is 3.65. The van der Waals surface area contributed by atoms with Crippen LogP contribution in [0.4, 0.5) is 0 Å². The molecule has 162 valence electrons. The maximum Gasteiger partial charge on any atom is 0.273 e. The molecular formula is C24H27N3O4. The molecule has 0 spiro atoms. The second-order valence-electron chi connectivity index (χ2n) is 7.82. The van der Waals surface area contributed by atoms with E-state index in [1.165, 1.54) is 0 Å². The van der Waals surface area contributed by atoms with Gasteiger partial charge in [-0.2, -0.15) is 5.10 Å². The number of aromatic amines is 1. The SMILES string of the molecule is CCOc1ccc(C2c3c(-c4cc(C)cc(C)c4O)n[nH]c3C(=O)N2CCCO)cc1. The van der Waals surface area contributed by atoms with Crippen molar-refractivity contribution >= 4 is 5.91 Å². The largest absolute Gasteiger partial charge is 0.507 e. The Labute approximate surface area is 181 Å². The summed E-state index contributed by atoms with van der Waals surface area (Å²) in [5, 5.41) is 27.4. The van der Waals surface area contributed by atoms with Crippen molar-refractivity contribution in [2.24, 2.45) is 0 Å². The first kappa shape index (κ1) is 20.9. The highest BCUT2D eigenvalue weighted by molar-refractivity contribution is 6.00. The molecule has 3 aromatic rings. The van der Waals surface area contributed by atoms with Crippen LogP contribution in [0.2, 0.25) is 0 Å². The molecule has 0 saturated carbocycles. The van der Waals surface area contributed by atoms with E-state index in [4.69, 9.17) is 4.74 Å². The highest BCUT2D eigenvalue weighted by Crippen LogP contribution is 2.45. The lowest BCUT2D eigenvalue weighted by Gasteiger charge is -2.26. The monoisotopic (exact) mass is 421 g/mol. The third-order valence-corrected chi connectivity index (χ3v) is 5.63. The van der Waals surface area contributed by atoms with Gasteiger partial charge in [-0.1, -0.05) is 18.2 Å². The van der Waals surface area contributed by atoms with E-state index in [0.717, 1.165) is 28.0 Å². The number of aliphatic hydroxyl groups excluding tert-OH is 1. The van der Waals surface area contributed by atoms with Gasteiger partial charge in [-0.25, -0.2) is 0 Å². The van der Waals surface area contributed by atoms with Crippen LogP contribution in [0.1, 0.15) is 52.1 Å². The topological polar surface area (TPSA) is 98.7 Å². The minimum Gasteiger partial charge on any atom is -0.507 e. The van der Waals surface area contributed by atoms with E-state index in [1.807, 2.05) is 57.2 Å². The summed E-state index contributed by atoms with van der Waals surface area (Å²) in [4.78, 5) is 15.0. The summed E-state index contributed by atoms with van der Waals surface area (Å²) in [6.45, 7) is 6.73. The fourth-order valence-electron chi connectivity index (χ4n) is 4.27. The fourth-order valence-corrected chi connectivity index (χ4v) is 4.27. The Hall–Kier alpha value is -3.32. The molecule has 2 heterocycles. The summed E-state index contributed by atoms with van der Waals surface area (Å²) in [5.74, 6) is 0.758. The lowest BCUT2D eigenvalue weighted by Crippen LogP contribution is -2.31. The Morgan fingerprint density at radius 2 is 1.94 bits per heavy atom. The maximum absolute atomic E-state index is 13.2. The Bertz CT molecular complexity index is 1100. The van der Waals surface area contributed by atoms with Crippen LogP contribution in [0, 0.1) is 13.8 Å². The molecule has 1 aliphatic rings. The average Bonchev–Trinajstić information content (AvgIpc) is 3.29. The number of H-pyrrole nitrogens is 1. The molecule has 1 amide bonds. The van der Waals surface area contributed by atoms with Crippen LogP contribution in [0.3, 0.4) is 0 Å². The Morgan fingerprint density at radius 1 is 1.19 bits per heavy atom. The number of hydrogen-bond acceptors (Lipinski definition) is 5. The molecule has 0 fully saturated rings. The minimum atomic E-state index is -0.376. The number of benzene rings is 2. The number of aromatic hydroxyl groups is 1. The van der Waals surface area contributed by atoms with Crippen molar-refractivity contribution in [3.05, 3.63) is 64.3 Å². The van der Waals surface area contributed by atoms with Gasteiger partial charge in [-0.3, -0.25) is 9.89 Å². The van der Waals surface area contributed by atoms with Crippen LogP contribution >= 0.6 is 0 Å². The number of rotatable bonds is 7. The Balaban J connectivity index is 1.86. The zero-order valence-corrected chi connectivity index (χ0v) is 18.0. The van der Waals surface area contributed by atoms with Crippen LogP contribution in [-0.4, -0.2) is 51.0 Å². The van der Waals surface area contributed by atoms with Gasteiger partial charge < -0.3 is 19.8 Å². The molecule has 0 radical (unpaired) electrons. The van der Waals surface area contributed by atoms with E-state index in [9.17, 15) is 15.0 Å². The van der Waals surface area contributed by atoms with Gasteiger partial charge >= 0.3 is 0 Å². The Kier molecular flexibility index (Phi) is 5.69. The predicted octanol–water partition coefficient (Wildman–Crippen LogP) is 3.73. The molecule has 0 saturated heterocycles. The molecule has 0 aliphatic carbocycles. The summed E-state index contributed by atoms with van der Waals surface area (Å²) in [7, 11) is 0. The van der Waals surface area contributed by atoms with E-state index >= 15 is 0 Å². The summed E-state index contributed by atoms with van der Waals surface area (Å²) in [5.41, 5.74) is 5.01. The van der Waals surface area contributed by atoms with Gasteiger partial charge in [0.2, 0.25) is 0 Å². The fraction of sp³-hybridized carbons (Fsp3) is 0.333. The Morgan fingerprint density at radius 3 is 2.61 bits per heavy atom. The van der Waals surface area contributed by atoms with Crippen molar-refractivity contribution in [1.29, 1.82) is 0 Å². The van der Waals surface area contributed by atoms with Gasteiger partial charge in [0.1, 0.15) is 22.9 Å². The molecule has 7 nitrogen and oxygen atoms in total. The van der Waals surface area contributed by atoms with Crippen LogP contribution < -0.4 is 4.74 Å². The van der Waals surface area contributed by atoms with E-state index in [0.29, 0.717) is 36.5 Å². The number of carbonyl (C=O) groups is 1. The second kappa shape index (κ2) is 8.43. The first-order valence-corrected chi connectivity index (χ1v) is 10.5. The number of aliphatic hydroxyl groups is 1. The van der Waals surface area contributed by atoms with Gasteiger partial charge in [0.05, 0.1) is 12.6 Å². The summed E-state index contributed by atoms with van der Waals surface area (Å²) in [6, 6.07) is 11.1. The van der Waals surface area contributed by atoms with Gasteiger partial charge in [-0.15, -0.1) is 0 Å². The van der Waals surface area contributed by atoms with Gasteiger partial charge in [0.15, 0.2) is 0 Å². The van der Waals surface area contributed by atoms with Crippen molar-refractivity contribution in [3.63, 3.8) is 0 Å². The minimum absolute atomic E-state index is 0.00329. The smallest absolute Gasteiger partial charge is 0.273 e. The molecule has 2 aromatic carbocycles. The lowest BCUT2D eigenvalue weighted by molar-refractivity contribution is 0.0732. The van der Waals surface area contributed by atoms with Crippen LogP contribution in [0.15, 0.2) is 36.4 Å². The number of hydrogen-bond donors (Lipinski definition) is 3. The van der Waals surface area contributed by atoms with E-state index in [-0.39, 0.29) is 24.3 Å². The zero-order valence-electron chi connectivity index (χ0n) is 18.0. The molecule has 1 aliphatic heterocycles. The molecule has 7 heteroatoms. The highest BCUT2D eigenvalue weighted by Gasteiger charge is 2.42. The van der Waals surface area contributed by atoms with Crippen molar-refractivity contribution in [1.82, 2.24) is 15.1 Å². The van der Waals surface area contributed by atoms with E-state index in [1.54, 1.807) is 4.90 Å². The number of phenolic OH excluding ortho intramolecular Hbond substituents is 1. The number of nitrogens with zero attached hydrogens (tertiary/aromatic N) is 2. The number of aromatic nitrogens is 2. The van der Waals surface area contributed by atoms with Crippen molar-refractivity contribution in [3.8, 4) is 22.8 Å². The molecule has 3 N–H and O–H groups in total.